The van der Waals surface area contributed by atoms with Crippen molar-refractivity contribution >= 4 is 39.6 Å². The van der Waals surface area contributed by atoms with E-state index in [0.717, 1.165) is 24.0 Å². The molecule has 2 saturated heterocycles. The van der Waals surface area contributed by atoms with E-state index in [-0.39, 0.29) is 12.1 Å². The average molecular weight is 454 g/mol. The summed E-state index contributed by atoms with van der Waals surface area (Å²) in [6, 6.07) is 3.30. The molecule has 2 aliphatic rings. The van der Waals surface area contributed by atoms with Gasteiger partial charge in [-0.15, -0.1) is 0 Å². The molecule has 10 heteroatoms. The lowest BCUT2D eigenvalue weighted by molar-refractivity contribution is 0.203. The Bertz CT molecular complexity index is 1340. The van der Waals surface area contributed by atoms with Gasteiger partial charge in [-0.05, 0) is 25.3 Å². The molecule has 2 aliphatic heterocycles. The summed E-state index contributed by atoms with van der Waals surface area (Å²) in [5, 5.41) is 0.462. The Hall–Kier alpha value is -3.04. The Morgan fingerprint density at radius 2 is 2.03 bits per heavy atom. The molecule has 32 heavy (non-hydrogen) atoms. The van der Waals surface area contributed by atoms with E-state index in [9.17, 15) is 4.39 Å². The second-order valence-electron chi connectivity index (χ2n) is 8.38. The SMILES string of the molecule is COc1cnc2ccc(-c3c[nH]c4nc(N5[C@H]6CC[C@@H]5[C@@H](F)[C@@H](N)C6)cnc34)c(Cl)c2n1. The Labute approximate surface area is 188 Å². The van der Waals surface area contributed by atoms with E-state index in [2.05, 4.69) is 24.8 Å². The van der Waals surface area contributed by atoms with Gasteiger partial charge in [0.2, 0.25) is 5.88 Å². The Balaban J connectivity index is 1.42. The van der Waals surface area contributed by atoms with Gasteiger partial charge < -0.3 is 20.4 Å². The van der Waals surface area contributed by atoms with Crippen LogP contribution in [-0.4, -0.2) is 56.3 Å². The van der Waals surface area contributed by atoms with Gasteiger partial charge in [-0.25, -0.2) is 24.3 Å². The van der Waals surface area contributed by atoms with Crippen molar-refractivity contribution < 1.29 is 9.13 Å². The minimum atomic E-state index is -1.06. The van der Waals surface area contributed by atoms with Gasteiger partial charge in [0.1, 0.15) is 23.0 Å². The lowest BCUT2D eigenvalue weighted by Gasteiger charge is -2.40. The smallest absolute Gasteiger partial charge is 0.232 e. The number of nitrogens with one attached hydrogen (secondary N) is 1. The molecule has 0 unspecified atom stereocenters. The first-order valence-corrected chi connectivity index (χ1v) is 10.9. The first kappa shape index (κ1) is 19.6. The molecular formula is C22H21ClFN7O. The predicted molar refractivity (Wildman–Crippen MR) is 121 cm³/mol. The highest BCUT2D eigenvalue weighted by Gasteiger charge is 2.47. The number of halogens is 2. The molecule has 5 heterocycles. The number of rotatable bonds is 3. The summed E-state index contributed by atoms with van der Waals surface area (Å²) >= 11 is 6.71. The molecule has 2 fully saturated rings. The third kappa shape index (κ3) is 2.84. The van der Waals surface area contributed by atoms with Crippen LogP contribution in [0.3, 0.4) is 0 Å². The van der Waals surface area contributed by atoms with Crippen molar-refractivity contribution in [3.8, 4) is 17.0 Å². The molecule has 3 N–H and O–H groups in total. The molecule has 0 radical (unpaired) electrons. The zero-order chi connectivity index (χ0) is 22.0. The number of anilines is 1. The summed E-state index contributed by atoms with van der Waals surface area (Å²) in [4.78, 5) is 23.5. The molecular weight excluding hydrogens is 433 g/mol. The summed E-state index contributed by atoms with van der Waals surface area (Å²) in [5.41, 5.74) is 10.1. The number of ether oxygens (including phenoxy) is 1. The van der Waals surface area contributed by atoms with Crippen LogP contribution in [0.5, 0.6) is 5.88 Å². The number of nitrogens with two attached hydrogens (primary N) is 1. The van der Waals surface area contributed by atoms with Gasteiger partial charge in [-0.3, -0.25) is 0 Å². The molecule has 6 rings (SSSR count). The molecule has 0 spiro atoms. The molecule has 3 aromatic heterocycles. The monoisotopic (exact) mass is 453 g/mol. The highest BCUT2D eigenvalue weighted by Crippen LogP contribution is 2.41. The van der Waals surface area contributed by atoms with Crippen molar-refractivity contribution in [2.75, 3.05) is 12.0 Å². The number of nitrogens with zero attached hydrogens (tertiary/aromatic N) is 5. The van der Waals surface area contributed by atoms with Crippen LogP contribution < -0.4 is 15.4 Å². The van der Waals surface area contributed by atoms with Gasteiger partial charge in [0, 0.05) is 29.4 Å². The van der Waals surface area contributed by atoms with E-state index in [1.807, 2.05) is 18.3 Å². The number of methoxy groups -OCH3 is 1. The summed E-state index contributed by atoms with van der Waals surface area (Å²) in [5.74, 6) is 1.06. The first-order chi connectivity index (χ1) is 15.5. The van der Waals surface area contributed by atoms with Gasteiger partial charge in [-0.2, -0.15) is 0 Å². The summed E-state index contributed by atoms with van der Waals surface area (Å²) < 4.78 is 19.9. The van der Waals surface area contributed by atoms with Crippen LogP contribution >= 0.6 is 11.6 Å². The fourth-order valence-corrected chi connectivity index (χ4v) is 5.40. The highest BCUT2D eigenvalue weighted by atomic mass is 35.5. The van der Waals surface area contributed by atoms with E-state index in [0.29, 0.717) is 45.3 Å². The van der Waals surface area contributed by atoms with Crippen LogP contribution in [0.15, 0.2) is 30.7 Å². The number of H-pyrrole nitrogens is 1. The number of benzene rings is 1. The molecule has 2 bridgehead atoms. The largest absolute Gasteiger partial charge is 0.480 e. The molecule has 4 aromatic rings. The minimum Gasteiger partial charge on any atom is -0.480 e. The molecule has 0 aliphatic carbocycles. The highest BCUT2D eigenvalue weighted by molar-refractivity contribution is 6.38. The van der Waals surface area contributed by atoms with Gasteiger partial charge in [0.25, 0.3) is 0 Å². The van der Waals surface area contributed by atoms with Crippen molar-refractivity contribution in [1.29, 1.82) is 0 Å². The van der Waals surface area contributed by atoms with Crippen molar-refractivity contribution in [3.63, 3.8) is 0 Å². The second kappa shape index (κ2) is 7.25. The molecule has 164 valence electrons. The van der Waals surface area contributed by atoms with Crippen LogP contribution in [0.1, 0.15) is 19.3 Å². The van der Waals surface area contributed by atoms with E-state index >= 15 is 0 Å². The summed E-state index contributed by atoms with van der Waals surface area (Å²) in [6.07, 6.45) is 6.38. The van der Waals surface area contributed by atoms with Crippen molar-refractivity contribution in [3.05, 3.63) is 35.7 Å². The number of piperidine rings is 1. The lowest BCUT2D eigenvalue weighted by Crippen LogP contribution is -2.55. The quantitative estimate of drug-likeness (QED) is 0.487. The first-order valence-electron chi connectivity index (χ1n) is 10.6. The van der Waals surface area contributed by atoms with Crippen molar-refractivity contribution in [1.82, 2.24) is 24.9 Å². The number of fused-ring (bicyclic) bond motifs is 4. The number of hydrogen-bond acceptors (Lipinski definition) is 7. The Morgan fingerprint density at radius 1 is 1.16 bits per heavy atom. The van der Waals surface area contributed by atoms with Crippen LogP contribution in [0.2, 0.25) is 5.02 Å². The van der Waals surface area contributed by atoms with Gasteiger partial charge in [-0.1, -0.05) is 17.7 Å². The maximum Gasteiger partial charge on any atom is 0.232 e. The number of alkyl halides is 1. The van der Waals surface area contributed by atoms with Gasteiger partial charge in [0.15, 0.2) is 5.65 Å². The Morgan fingerprint density at radius 3 is 2.88 bits per heavy atom. The van der Waals surface area contributed by atoms with Crippen LogP contribution in [0.4, 0.5) is 10.2 Å². The average Bonchev–Trinajstić information content (AvgIpc) is 3.38. The van der Waals surface area contributed by atoms with E-state index in [4.69, 9.17) is 27.1 Å². The zero-order valence-corrected chi connectivity index (χ0v) is 18.1. The number of hydrogen-bond donors (Lipinski definition) is 2. The molecule has 0 amide bonds. The van der Waals surface area contributed by atoms with E-state index in [1.165, 1.54) is 7.11 Å². The maximum absolute atomic E-state index is 14.7. The minimum absolute atomic E-state index is 0.201. The van der Waals surface area contributed by atoms with Crippen molar-refractivity contribution in [2.45, 2.75) is 43.6 Å². The standard InChI is InChI=1S/C22H21ClFN7O/c1-32-17-9-26-14-4-3-11(18(23)21(14)30-17)12-7-28-22-20(12)27-8-16(29-22)31-10-2-5-15(31)19(24)13(25)6-10/h3-4,7-10,13,15,19H,2,5-6,25H2,1H3,(H,28,29)/t10-,13-,15+,19-/m0/s1. The zero-order valence-electron chi connectivity index (χ0n) is 17.3. The predicted octanol–water partition coefficient (Wildman–Crippen LogP) is 3.64. The van der Waals surface area contributed by atoms with Crippen LogP contribution in [0, 0.1) is 0 Å². The fraction of sp³-hybridized carbons (Fsp3) is 0.364. The Kier molecular flexibility index (Phi) is 4.44. The third-order valence-electron chi connectivity index (χ3n) is 6.63. The van der Waals surface area contributed by atoms with Crippen molar-refractivity contribution in [2.24, 2.45) is 5.73 Å². The van der Waals surface area contributed by atoms with Gasteiger partial charge in [0.05, 0.1) is 36.1 Å². The molecule has 1 aromatic carbocycles. The lowest BCUT2D eigenvalue weighted by atomic mass is 9.96. The van der Waals surface area contributed by atoms with E-state index < -0.39 is 12.2 Å². The fourth-order valence-electron chi connectivity index (χ4n) is 5.09. The van der Waals surface area contributed by atoms with E-state index in [1.54, 1.807) is 12.4 Å². The van der Waals surface area contributed by atoms with Crippen LogP contribution in [-0.2, 0) is 0 Å². The molecule has 8 nitrogen and oxygen atoms in total. The maximum atomic E-state index is 14.7. The summed E-state index contributed by atoms with van der Waals surface area (Å²) in [7, 11) is 1.54. The van der Waals surface area contributed by atoms with Gasteiger partial charge >= 0.3 is 0 Å². The number of aromatic nitrogens is 5. The second-order valence-corrected chi connectivity index (χ2v) is 8.76. The topological polar surface area (TPSA) is 106 Å². The molecule has 0 saturated carbocycles. The summed E-state index contributed by atoms with van der Waals surface area (Å²) in [6.45, 7) is 0. The third-order valence-corrected chi connectivity index (χ3v) is 7.01. The normalized spacial score (nSPS) is 25.1. The van der Waals surface area contributed by atoms with Crippen LogP contribution in [0.25, 0.3) is 33.3 Å². The molecule has 4 atom stereocenters. The number of aromatic amines is 1.